The molecule has 0 radical (unpaired) electrons. The van der Waals surface area contributed by atoms with Gasteiger partial charge in [-0.3, -0.25) is 0 Å². The Morgan fingerprint density at radius 3 is 2.47 bits per heavy atom. The fourth-order valence-corrected chi connectivity index (χ4v) is 1.14. The van der Waals surface area contributed by atoms with Crippen molar-refractivity contribution in [3.63, 3.8) is 0 Å². The molecule has 0 aliphatic rings. The van der Waals surface area contributed by atoms with Crippen LogP contribution in [-0.4, -0.2) is 18.4 Å². The zero-order chi connectivity index (χ0) is 12.7. The summed E-state index contributed by atoms with van der Waals surface area (Å²) in [6, 6.07) is 9.81. The van der Waals surface area contributed by atoms with Crippen LogP contribution in [0.1, 0.15) is 26.3 Å². The molecule has 0 atom stereocenters. The van der Waals surface area contributed by atoms with Gasteiger partial charge < -0.3 is 9.47 Å². The number of rotatable bonds is 3. The van der Waals surface area contributed by atoms with E-state index in [4.69, 9.17) is 9.47 Å². The molecule has 0 unspecified atom stereocenters. The van der Waals surface area contributed by atoms with Crippen LogP contribution in [0.4, 0.5) is 4.79 Å². The Balaban J connectivity index is 2.29. The van der Waals surface area contributed by atoms with Gasteiger partial charge in [0.2, 0.25) is 0 Å². The Bertz CT molecular complexity index is 374. The summed E-state index contributed by atoms with van der Waals surface area (Å²) >= 11 is 0. The first kappa shape index (κ1) is 13.3. The van der Waals surface area contributed by atoms with Crippen LogP contribution in [0.3, 0.4) is 0 Å². The second-order valence-electron chi connectivity index (χ2n) is 4.59. The predicted octanol–water partition coefficient (Wildman–Crippen LogP) is 3.65. The van der Waals surface area contributed by atoms with Gasteiger partial charge in [-0.2, -0.15) is 0 Å². The average Bonchev–Trinajstić information content (AvgIpc) is 2.23. The van der Waals surface area contributed by atoms with Crippen molar-refractivity contribution in [2.45, 2.75) is 26.4 Å². The third kappa shape index (κ3) is 6.40. The van der Waals surface area contributed by atoms with Crippen molar-refractivity contribution in [1.29, 1.82) is 0 Å². The second kappa shape index (κ2) is 6.09. The van der Waals surface area contributed by atoms with E-state index in [-0.39, 0.29) is 6.61 Å². The summed E-state index contributed by atoms with van der Waals surface area (Å²) in [7, 11) is 0. The standard InChI is InChI=1S/C14H18O3/c1-14(2,3)17-13(15)16-11-7-10-12-8-5-4-6-9-12/h4-10H,11H2,1-3H3/b10-7+. The number of ether oxygens (including phenoxy) is 2. The lowest BCUT2D eigenvalue weighted by Gasteiger charge is -2.18. The first-order valence-corrected chi connectivity index (χ1v) is 5.55. The molecule has 0 saturated carbocycles. The van der Waals surface area contributed by atoms with E-state index in [0.717, 1.165) is 5.56 Å². The number of carbonyl (C=O) groups excluding carboxylic acids is 1. The van der Waals surface area contributed by atoms with Crippen LogP contribution in [0.25, 0.3) is 6.08 Å². The van der Waals surface area contributed by atoms with Gasteiger partial charge in [-0.1, -0.05) is 36.4 Å². The third-order valence-electron chi connectivity index (χ3n) is 1.80. The monoisotopic (exact) mass is 234 g/mol. The van der Waals surface area contributed by atoms with Crippen LogP contribution < -0.4 is 0 Å². The first-order valence-electron chi connectivity index (χ1n) is 5.55. The fraction of sp³-hybridized carbons (Fsp3) is 0.357. The van der Waals surface area contributed by atoms with Gasteiger partial charge in [-0.25, -0.2) is 4.79 Å². The minimum absolute atomic E-state index is 0.212. The van der Waals surface area contributed by atoms with Crippen molar-refractivity contribution in [2.24, 2.45) is 0 Å². The summed E-state index contributed by atoms with van der Waals surface area (Å²) in [6.45, 7) is 5.61. The molecule has 0 heterocycles. The maximum Gasteiger partial charge on any atom is 0.509 e. The molecule has 1 aromatic rings. The topological polar surface area (TPSA) is 35.5 Å². The molecule has 1 rings (SSSR count). The first-order chi connectivity index (χ1) is 7.97. The SMILES string of the molecule is CC(C)(C)OC(=O)OC/C=C/c1ccccc1. The van der Waals surface area contributed by atoms with Crippen molar-refractivity contribution in [2.75, 3.05) is 6.61 Å². The predicted molar refractivity (Wildman–Crippen MR) is 67.7 cm³/mol. The summed E-state index contributed by atoms with van der Waals surface area (Å²) in [5.74, 6) is 0. The van der Waals surface area contributed by atoms with Gasteiger partial charge in [-0.15, -0.1) is 0 Å². The van der Waals surface area contributed by atoms with Crippen molar-refractivity contribution >= 4 is 12.2 Å². The van der Waals surface area contributed by atoms with Crippen LogP contribution in [0.15, 0.2) is 36.4 Å². The molecule has 0 aromatic heterocycles. The van der Waals surface area contributed by atoms with E-state index in [2.05, 4.69) is 0 Å². The second-order valence-corrected chi connectivity index (χ2v) is 4.59. The van der Waals surface area contributed by atoms with Crippen molar-refractivity contribution in [3.8, 4) is 0 Å². The van der Waals surface area contributed by atoms with E-state index >= 15 is 0 Å². The highest BCUT2D eigenvalue weighted by atomic mass is 16.7. The van der Waals surface area contributed by atoms with E-state index in [1.54, 1.807) is 26.8 Å². The fourth-order valence-electron chi connectivity index (χ4n) is 1.14. The number of hydrogen-bond acceptors (Lipinski definition) is 3. The van der Waals surface area contributed by atoms with Gasteiger partial charge in [0.15, 0.2) is 0 Å². The molecule has 0 aliphatic heterocycles. The number of benzene rings is 1. The van der Waals surface area contributed by atoms with Gasteiger partial charge in [0.05, 0.1) is 0 Å². The van der Waals surface area contributed by atoms with Crippen molar-refractivity contribution < 1.29 is 14.3 Å². The molecule has 1 aromatic carbocycles. The molecule has 0 fully saturated rings. The van der Waals surface area contributed by atoms with Gasteiger partial charge >= 0.3 is 6.16 Å². The van der Waals surface area contributed by atoms with Crippen LogP contribution in [0.5, 0.6) is 0 Å². The molecule has 3 nitrogen and oxygen atoms in total. The van der Waals surface area contributed by atoms with E-state index in [0.29, 0.717) is 0 Å². The van der Waals surface area contributed by atoms with Crippen LogP contribution >= 0.6 is 0 Å². The highest BCUT2D eigenvalue weighted by molar-refractivity contribution is 5.60. The summed E-state index contributed by atoms with van der Waals surface area (Å²) in [5, 5.41) is 0. The van der Waals surface area contributed by atoms with Crippen molar-refractivity contribution in [3.05, 3.63) is 42.0 Å². The Labute approximate surface area is 102 Å². The minimum Gasteiger partial charge on any atom is -0.430 e. The minimum atomic E-state index is -0.643. The molecule has 92 valence electrons. The molecule has 3 heteroatoms. The normalized spacial score (nSPS) is 11.5. The smallest absolute Gasteiger partial charge is 0.430 e. The van der Waals surface area contributed by atoms with Crippen LogP contribution in [0.2, 0.25) is 0 Å². The maximum absolute atomic E-state index is 11.2. The van der Waals surface area contributed by atoms with Crippen LogP contribution in [-0.2, 0) is 9.47 Å². The zero-order valence-electron chi connectivity index (χ0n) is 10.5. The molecule has 0 amide bonds. The van der Waals surface area contributed by atoms with Gasteiger partial charge in [0, 0.05) is 0 Å². The Morgan fingerprint density at radius 2 is 1.88 bits per heavy atom. The Morgan fingerprint density at radius 1 is 1.24 bits per heavy atom. The summed E-state index contributed by atoms with van der Waals surface area (Å²) in [5.41, 5.74) is 0.556. The van der Waals surface area contributed by atoms with Gasteiger partial charge in [0.1, 0.15) is 12.2 Å². The lowest BCUT2D eigenvalue weighted by atomic mass is 10.2. The summed E-state index contributed by atoms with van der Waals surface area (Å²) in [4.78, 5) is 11.2. The van der Waals surface area contributed by atoms with E-state index < -0.39 is 11.8 Å². The van der Waals surface area contributed by atoms with Crippen molar-refractivity contribution in [1.82, 2.24) is 0 Å². The van der Waals surface area contributed by atoms with E-state index in [1.165, 1.54) is 0 Å². The van der Waals surface area contributed by atoms with E-state index in [1.807, 2.05) is 36.4 Å². The highest BCUT2D eigenvalue weighted by Gasteiger charge is 2.16. The molecule has 17 heavy (non-hydrogen) atoms. The van der Waals surface area contributed by atoms with Crippen LogP contribution in [0, 0.1) is 0 Å². The lowest BCUT2D eigenvalue weighted by molar-refractivity contribution is -0.00234. The number of carbonyl (C=O) groups is 1. The molecule has 0 N–H and O–H groups in total. The largest absolute Gasteiger partial charge is 0.509 e. The Hall–Kier alpha value is -1.77. The number of hydrogen-bond donors (Lipinski definition) is 0. The Kier molecular flexibility index (Phi) is 4.76. The maximum atomic E-state index is 11.2. The zero-order valence-corrected chi connectivity index (χ0v) is 10.5. The summed E-state index contributed by atoms with van der Waals surface area (Å²) < 4.78 is 9.89. The van der Waals surface area contributed by atoms with E-state index in [9.17, 15) is 4.79 Å². The summed E-state index contributed by atoms with van der Waals surface area (Å²) in [6.07, 6.45) is 3.03. The molecular formula is C14H18O3. The molecule has 0 spiro atoms. The lowest BCUT2D eigenvalue weighted by Crippen LogP contribution is -2.24. The molecule has 0 bridgehead atoms. The molecule has 0 saturated heterocycles. The highest BCUT2D eigenvalue weighted by Crippen LogP contribution is 2.08. The quantitative estimate of drug-likeness (QED) is 0.749. The molecular weight excluding hydrogens is 216 g/mol. The van der Waals surface area contributed by atoms with Gasteiger partial charge in [-0.05, 0) is 32.4 Å². The third-order valence-corrected chi connectivity index (χ3v) is 1.80. The van der Waals surface area contributed by atoms with Gasteiger partial charge in [0.25, 0.3) is 0 Å². The average molecular weight is 234 g/mol. The molecule has 0 aliphatic carbocycles.